The average molecular weight is 176 g/mol. The molecule has 13 heavy (non-hydrogen) atoms. The largest absolute Gasteiger partial charge is 0.262 e. The van der Waals surface area contributed by atoms with Gasteiger partial charge in [0, 0.05) is 6.20 Å². The van der Waals surface area contributed by atoms with Crippen LogP contribution in [0.5, 0.6) is 0 Å². The molecule has 0 saturated heterocycles. The van der Waals surface area contributed by atoms with Gasteiger partial charge in [0.05, 0.1) is 11.9 Å². The highest BCUT2D eigenvalue weighted by atomic mass is 16.1. The van der Waals surface area contributed by atoms with E-state index in [1.165, 1.54) is 6.08 Å². The summed E-state index contributed by atoms with van der Waals surface area (Å²) in [5, 5.41) is 0. The maximum atomic E-state index is 10.0. The van der Waals surface area contributed by atoms with Gasteiger partial charge in [0.25, 0.3) is 0 Å². The normalized spacial score (nSPS) is 10.7. The number of carbonyl (C=O) groups excluding carboxylic acids is 1. The van der Waals surface area contributed by atoms with Gasteiger partial charge >= 0.3 is 0 Å². The molecule has 1 aromatic rings. The van der Waals surface area contributed by atoms with Crippen molar-refractivity contribution >= 4 is 11.8 Å². The molecule has 1 rings (SSSR count). The van der Waals surface area contributed by atoms with Crippen molar-refractivity contribution in [2.24, 2.45) is 4.99 Å². The zero-order chi connectivity index (χ0) is 9.90. The lowest BCUT2D eigenvalue weighted by Gasteiger charge is -2.18. The molecule has 0 radical (unpaired) electrons. The first kappa shape index (κ1) is 9.62. The number of aliphatic imine (C=N–C) groups is 1. The summed E-state index contributed by atoms with van der Waals surface area (Å²) < 4.78 is 0. The molecular formula is C10H12N2O. The molecule has 1 aromatic heterocycles. The molecule has 68 valence electrons. The summed E-state index contributed by atoms with van der Waals surface area (Å²) in [5.41, 5.74) is 1.65. The van der Waals surface area contributed by atoms with E-state index in [0.29, 0.717) is 5.69 Å². The number of hydrogen-bond donors (Lipinski definition) is 0. The predicted molar refractivity (Wildman–Crippen MR) is 50.7 cm³/mol. The quantitative estimate of drug-likeness (QED) is 0.487. The van der Waals surface area contributed by atoms with Crippen molar-refractivity contribution in [1.82, 2.24) is 4.98 Å². The van der Waals surface area contributed by atoms with Crippen LogP contribution in [0.4, 0.5) is 5.69 Å². The van der Waals surface area contributed by atoms with Gasteiger partial charge < -0.3 is 0 Å². The van der Waals surface area contributed by atoms with Gasteiger partial charge in [0.2, 0.25) is 6.08 Å². The fraction of sp³-hybridized carbons (Fsp3) is 0.400. The monoisotopic (exact) mass is 176 g/mol. The van der Waals surface area contributed by atoms with Crippen molar-refractivity contribution in [3.63, 3.8) is 0 Å². The Morgan fingerprint density at radius 3 is 2.62 bits per heavy atom. The standard InChI is InChI=1S/C10H12N2O/c1-10(2,3)8-4-9(12-7-13)6-11-5-8/h4-6H,1-3H3. The third-order valence-corrected chi connectivity index (χ3v) is 1.76. The van der Waals surface area contributed by atoms with Crippen LogP contribution >= 0.6 is 0 Å². The highest BCUT2D eigenvalue weighted by molar-refractivity contribution is 5.48. The molecule has 0 atom stereocenters. The summed E-state index contributed by atoms with van der Waals surface area (Å²) in [4.78, 5) is 17.5. The van der Waals surface area contributed by atoms with Crippen LogP contribution in [0.25, 0.3) is 0 Å². The number of aromatic nitrogens is 1. The summed E-state index contributed by atoms with van der Waals surface area (Å²) in [6.45, 7) is 6.25. The van der Waals surface area contributed by atoms with Gasteiger partial charge in [-0.2, -0.15) is 4.99 Å². The first-order valence-electron chi connectivity index (χ1n) is 4.07. The van der Waals surface area contributed by atoms with Crippen LogP contribution in [-0.4, -0.2) is 11.1 Å². The summed E-state index contributed by atoms with van der Waals surface area (Å²) in [6, 6.07) is 1.85. The van der Waals surface area contributed by atoms with Crippen LogP contribution in [-0.2, 0) is 10.2 Å². The van der Waals surface area contributed by atoms with Crippen molar-refractivity contribution in [3.8, 4) is 0 Å². The van der Waals surface area contributed by atoms with E-state index in [9.17, 15) is 4.79 Å². The van der Waals surface area contributed by atoms with Crippen LogP contribution in [0.15, 0.2) is 23.5 Å². The van der Waals surface area contributed by atoms with E-state index in [0.717, 1.165) is 5.56 Å². The molecule has 0 aliphatic carbocycles. The lowest BCUT2D eigenvalue weighted by atomic mass is 9.88. The molecule has 0 bridgehead atoms. The first-order valence-corrected chi connectivity index (χ1v) is 4.07. The maximum absolute atomic E-state index is 10.0. The molecule has 0 aliphatic rings. The minimum absolute atomic E-state index is 0.0292. The fourth-order valence-corrected chi connectivity index (χ4v) is 0.952. The molecule has 0 unspecified atom stereocenters. The van der Waals surface area contributed by atoms with E-state index in [1.807, 2.05) is 6.07 Å². The lowest BCUT2D eigenvalue weighted by Crippen LogP contribution is -2.10. The van der Waals surface area contributed by atoms with E-state index in [1.54, 1.807) is 12.4 Å². The van der Waals surface area contributed by atoms with Crippen LogP contribution in [0, 0.1) is 0 Å². The SMILES string of the molecule is CC(C)(C)c1cncc(N=C=O)c1. The zero-order valence-electron chi connectivity index (χ0n) is 8.03. The van der Waals surface area contributed by atoms with Gasteiger partial charge in [0.1, 0.15) is 0 Å². The second-order valence-corrected chi connectivity index (χ2v) is 3.88. The second kappa shape index (κ2) is 3.50. The Kier molecular flexibility index (Phi) is 2.59. The Labute approximate surface area is 77.5 Å². The highest BCUT2D eigenvalue weighted by Gasteiger charge is 2.13. The lowest BCUT2D eigenvalue weighted by molar-refractivity contribution is 0.565. The van der Waals surface area contributed by atoms with E-state index in [-0.39, 0.29) is 5.41 Å². The topological polar surface area (TPSA) is 42.3 Å². The summed E-state index contributed by atoms with van der Waals surface area (Å²) in [6.07, 6.45) is 4.82. The van der Waals surface area contributed by atoms with Gasteiger partial charge in [-0.3, -0.25) is 4.98 Å². The third kappa shape index (κ3) is 2.49. The van der Waals surface area contributed by atoms with Gasteiger partial charge in [-0.15, -0.1) is 0 Å². The zero-order valence-corrected chi connectivity index (χ0v) is 8.03. The molecule has 0 saturated carbocycles. The van der Waals surface area contributed by atoms with Crippen molar-refractivity contribution < 1.29 is 4.79 Å². The minimum atomic E-state index is 0.0292. The van der Waals surface area contributed by atoms with Crippen molar-refractivity contribution in [1.29, 1.82) is 0 Å². The summed E-state index contributed by atoms with van der Waals surface area (Å²) in [5.74, 6) is 0. The number of hydrogen-bond acceptors (Lipinski definition) is 3. The number of rotatable bonds is 1. The van der Waals surface area contributed by atoms with Crippen LogP contribution in [0.3, 0.4) is 0 Å². The molecule has 0 fully saturated rings. The molecule has 0 N–H and O–H groups in total. The molecule has 0 spiro atoms. The van der Waals surface area contributed by atoms with E-state index in [4.69, 9.17) is 0 Å². The van der Waals surface area contributed by atoms with E-state index < -0.39 is 0 Å². The van der Waals surface area contributed by atoms with Gasteiger partial charge in [-0.25, -0.2) is 4.79 Å². The van der Waals surface area contributed by atoms with Crippen molar-refractivity contribution in [2.75, 3.05) is 0 Å². The Hall–Kier alpha value is -1.47. The Balaban J connectivity index is 3.12. The number of pyridine rings is 1. The van der Waals surface area contributed by atoms with Crippen LogP contribution < -0.4 is 0 Å². The molecule has 3 heteroatoms. The van der Waals surface area contributed by atoms with Gasteiger partial charge in [0.15, 0.2) is 0 Å². The van der Waals surface area contributed by atoms with E-state index >= 15 is 0 Å². The Morgan fingerprint density at radius 2 is 2.08 bits per heavy atom. The van der Waals surface area contributed by atoms with Crippen LogP contribution in [0.1, 0.15) is 26.3 Å². The minimum Gasteiger partial charge on any atom is -0.262 e. The molecular weight excluding hydrogens is 164 g/mol. The summed E-state index contributed by atoms with van der Waals surface area (Å²) in [7, 11) is 0. The Bertz CT molecular complexity index is 346. The fourth-order valence-electron chi connectivity index (χ4n) is 0.952. The van der Waals surface area contributed by atoms with Crippen LogP contribution in [0.2, 0.25) is 0 Å². The average Bonchev–Trinajstić information content (AvgIpc) is 2.04. The van der Waals surface area contributed by atoms with E-state index in [2.05, 4.69) is 30.7 Å². The second-order valence-electron chi connectivity index (χ2n) is 3.88. The maximum Gasteiger partial charge on any atom is 0.240 e. The predicted octanol–water partition coefficient (Wildman–Crippen LogP) is 2.35. The first-order chi connectivity index (χ1) is 6.04. The third-order valence-electron chi connectivity index (χ3n) is 1.76. The molecule has 0 aliphatic heterocycles. The summed E-state index contributed by atoms with van der Waals surface area (Å²) >= 11 is 0. The van der Waals surface area contributed by atoms with Crippen molar-refractivity contribution in [3.05, 3.63) is 24.0 Å². The van der Waals surface area contributed by atoms with Crippen molar-refractivity contribution in [2.45, 2.75) is 26.2 Å². The molecule has 1 heterocycles. The number of isocyanates is 1. The molecule has 0 aromatic carbocycles. The Morgan fingerprint density at radius 1 is 1.38 bits per heavy atom. The molecule has 3 nitrogen and oxygen atoms in total. The number of nitrogens with zero attached hydrogens (tertiary/aromatic N) is 2. The highest BCUT2D eigenvalue weighted by Crippen LogP contribution is 2.24. The van der Waals surface area contributed by atoms with Gasteiger partial charge in [-0.1, -0.05) is 20.8 Å². The molecule has 0 amide bonds. The van der Waals surface area contributed by atoms with Gasteiger partial charge in [-0.05, 0) is 17.0 Å². The smallest absolute Gasteiger partial charge is 0.240 e.